The van der Waals surface area contributed by atoms with Gasteiger partial charge in [0.2, 0.25) is 0 Å². The number of urea groups is 1. The minimum atomic E-state index is -0.0213. The summed E-state index contributed by atoms with van der Waals surface area (Å²) in [6, 6.07) is 11.7. The van der Waals surface area contributed by atoms with Crippen LogP contribution in [-0.4, -0.2) is 42.0 Å². The third-order valence-corrected chi connectivity index (χ3v) is 4.01. The van der Waals surface area contributed by atoms with E-state index < -0.39 is 0 Å². The molecular weight excluding hydrogens is 278 g/mol. The van der Waals surface area contributed by atoms with Gasteiger partial charge in [-0.2, -0.15) is 0 Å². The van der Waals surface area contributed by atoms with Gasteiger partial charge in [0, 0.05) is 31.9 Å². The maximum atomic E-state index is 12.3. The standard InChI is InChI=1S/C17H21N3O2/c1-14-5-2-3-7-16(14)18-17(21)20-10-8-19(9-11-20)13-15-6-4-12-22-15/h2-7,12H,8-11,13H2,1H3,(H,18,21). The van der Waals surface area contributed by atoms with Gasteiger partial charge in [0.05, 0.1) is 12.8 Å². The summed E-state index contributed by atoms with van der Waals surface area (Å²) in [5.41, 5.74) is 1.96. The van der Waals surface area contributed by atoms with Crippen molar-refractivity contribution >= 4 is 11.7 Å². The van der Waals surface area contributed by atoms with E-state index in [1.165, 1.54) is 0 Å². The Kier molecular flexibility index (Phi) is 4.44. The van der Waals surface area contributed by atoms with Crippen molar-refractivity contribution in [3.63, 3.8) is 0 Å². The molecule has 22 heavy (non-hydrogen) atoms. The van der Waals surface area contributed by atoms with E-state index in [2.05, 4.69) is 10.2 Å². The van der Waals surface area contributed by atoms with Crippen molar-refractivity contribution in [1.29, 1.82) is 0 Å². The van der Waals surface area contributed by atoms with Crippen molar-refractivity contribution in [2.45, 2.75) is 13.5 Å². The Hall–Kier alpha value is -2.27. The monoisotopic (exact) mass is 299 g/mol. The van der Waals surface area contributed by atoms with Crippen LogP contribution in [0.4, 0.5) is 10.5 Å². The summed E-state index contributed by atoms with van der Waals surface area (Å²) in [5, 5.41) is 2.99. The van der Waals surface area contributed by atoms with E-state index in [-0.39, 0.29) is 6.03 Å². The van der Waals surface area contributed by atoms with Crippen LogP contribution in [0.3, 0.4) is 0 Å². The van der Waals surface area contributed by atoms with Crippen LogP contribution in [0.15, 0.2) is 47.1 Å². The van der Waals surface area contributed by atoms with Crippen LogP contribution in [0.25, 0.3) is 0 Å². The number of rotatable bonds is 3. The van der Waals surface area contributed by atoms with Gasteiger partial charge in [-0.25, -0.2) is 4.79 Å². The predicted octanol–water partition coefficient (Wildman–Crippen LogP) is 2.94. The topological polar surface area (TPSA) is 48.7 Å². The van der Waals surface area contributed by atoms with Gasteiger partial charge in [-0.05, 0) is 30.7 Å². The zero-order chi connectivity index (χ0) is 15.4. The highest BCUT2D eigenvalue weighted by Gasteiger charge is 2.21. The molecule has 0 radical (unpaired) electrons. The molecule has 1 fully saturated rings. The molecule has 0 spiro atoms. The van der Waals surface area contributed by atoms with E-state index in [0.717, 1.165) is 49.7 Å². The number of carbonyl (C=O) groups is 1. The normalized spacial score (nSPS) is 15.8. The number of nitrogens with one attached hydrogen (secondary N) is 1. The molecule has 1 saturated heterocycles. The second-order valence-corrected chi connectivity index (χ2v) is 5.59. The third-order valence-electron chi connectivity index (χ3n) is 4.01. The molecule has 5 heteroatoms. The number of hydrogen-bond acceptors (Lipinski definition) is 3. The number of anilines is 1. The smallest absolute Gasteiger partial charge is 0.321 e. The quantitative estimate of drug-likeness (QED) is 0.948. The van der Waals surface area contributed by atoms with Gasteiger partial charge in [0.15, 0.2) is 0 Å². The molecule has 1 aliphatic heterocycles. The molecule has 2 heterocycles. The molecule has 0 atom stereocenters. The minimum Gasteiger partial charge on any atom is -0.468 e. The molecule has 1 aromatic carbocycles. The highest BCUT2D eigenvalue weighted by Crippen LogP contribution is 2.15. The number of hydrogen-bond donors (Lipinski definition) is 1. The Balaban J connectivity index is 1.50. The first-order chi connectivity index (χ1) is 10.7. The molecule has 1 aromatic heterocycles. The molecule has 0 bridgehead atoms. The van der Waals surface area contributed by atoms with Gasteiger partial charge in [0.25, 0.3) is 0 Å². The lowest BCUT2D eigenvalue weighted by molar-refractivity contribution is 0.137. The fourth-order valence-corrected chi connectivity index (χ4v) is 2.64. The van der Waals surface area contributed by atoms with Crippen molar-refractivity contribution in [2.24, 2.45) is 0 Å². The summed E-state index contributed by atoms with van der Waals surface area (Å²) < 4.78 is 5.37. The number of nitrogens with zero attached hydrogens (tertiary/aromatic N) is 2. The second kappa shape index (κ2) is 6.66. The lowest BCUT2D eigenvalue weighted by atomic mass is 10.2. The summed E-state index contributed by atoms with van der Waals surface area (Å²) in [6.45, 7) is 6.00. The largest absolute Gasteiger partial charge is 0.468 e. The molecule has 2 amide bonds. The number of piperazine rings is 1. The summed E-state index contributed by atoms with van der Waals surface area (Å²) in [7, 11) is 0. The van der Waals surface area contributed by atoms with Crippen LogP contribution >= 0.6 is 0 Å². The summed E-state index contributed by atoms with van der Waals surface area (Å²) >= 11 is 0. The second-order valence-electron chi connectivity index (χ2n) is 5.59. The van der Waals surface area contributed by atoms with Crippen LogP contribution < -0.4 is 5.32 Å². The molecule has 3 rings (SSSR count). The Morgan fingerprint density at radius 2 is 1.91 bits per heavy atom. The average molecular weight is 299 g/mol. The average Bonchev–Trinajstić information content (AvgIpc) is 3.03. The Bertz CT molecular complexity index is 617. The lowest BCUT2D eigenvalue weighted by Crippen LogP contribution is -2.49. The van der Waals surface area contributed by atoms with Crippen LogP contribution in [0.1, 0.15) is 11.3 Å². The zero-order valence-electron chi connectivity index (χ0n) is 12.8. The highest BCUT2D eigenvalue weighted by atomic mass is 16.3. The van der Waals surface area contributed by atoms with Crippen molar-refractivity contribution in [1.82, 2.24) is 9.80 Å². The minimum absolute atomic E-state index is 0.0213. The first-order valence-corrected chi connectivity index (χ1v) is 7.58. The number of amides is 2. The lowest BCUT2D eigenvalue weighted by Gasteiger charge is -2.34. The first-order valence-electron chi connectivity index (χ1n) is 7.58. The van der Waals surface area contributed by atoms with Crippen molar-refractivity contribution in [3.05, 3.63) is 54.0 Å². The number of carbonyl (C=O) groups excluding carboxylic acids is 1. The summed E-state index contributed by atoms with van der Waals surface area (Å²) in [5.74, 6) is 0.970. The maximum Gasteiger partial charge on any atom is 0.321 e. The molecule has 1 aliphatic rings. The molecule has 0 unspecified atom stereocenters. The molecule has 2 aromatic rings. The summed E-state index contributed by atoms with van der Waals surface area (Å²) in [6.07, 6.45) is 1.70. The fraction of sp³-hybridized carbons (Fsp3) is 0.353. The fourth-order valence-electron chi connectivity index (χ4n) is 2.64. The van der Waals surface area contributed by atoms with Gasteiger partial charge >= 0.3 is 6.03 Å². The Morgan fingerprint density at radius 1 is 1.14 bits per heavy atom. The number of benzene rings is 1. The van der Waals surface area contributed by atoms with Crippen LogP contribution in [0.5, 0.6) is 0 Å². The molecular formula is C17H21N3O2. The van der Waals surface area contributed by atoms with Gasteiger partial charge in [-0.3, -0.25) is 4.90 Å². The molecule has 116 valence electrons. The molecule has 1 N–H and O–H groups in total. The molecule has 5 nitrogen and oxygen atoms in total. The van der Waals surface area contributed by atoms with Crippen molar-refractivity contribution in [2.75, 3.05) is 31.5 Å². The van der Waals surface area contributed by atoms with Gasteiger partial charge in [-0.1, -0.05) is 18.2 Å². The van der Waals surface area contributed by atoms with E-state index in [0.29, 0.717) is 0 Å². The van der Waals surface area contributed by atoms with Crippen molar-refractivity contribution < 1.29 is 9.21 Å². The Labute approximate surface area is 130 Å². The Morgan fingerprint density at radius 3 is 2.59 bits per heavy atom. The predicted molar refractivity (Wildman–Crippen MR) is 85.8 cm³/mol. The van der Waals surface area contributed by atoms with Crippen molar-refractivity contribution in [3.8, 4) is 0 Å². The number of para-hydroxylation sites is 1. The van der Waals surface area contributed by atoms with E-state index >= 15 is 0 Å². The van der Waals surface area contributed by atoms with Crippen LogP contribution in [0.2, 0.25) is 0 Å². The first kappa shape index (κ1) is 14.7. The molecule has 0 aliphatic carbocycles. The summed E-state index contributed by atoms with van der Waals surface area (Å²) in [4.78, 5) is 16.5. The van der Waals surface area contributed by atoms with E-state index in [1.54, 1.807) is 6.26 Å². The number of furan rings is 1. The van der Waals surface area contributed by atoms with Gasteiger partial charge in [0.1, 0.15) is 5.76 Å². The third kappa shape index (κ3) is 3.49. The van der Waals surface area contributed by atoms with Crippen LogP contribution in [-0.2, 0) is 6.54 Å². The van der Waals surface area contributed by atoms with E-state index in [4.69, 9.17) is 4.42 Å². The van der Waals surface area contributed by atoms with Gasteiger partial charge < -0.3 is 14.6 Å². The number of aryl methyl sites for hydroxylation is 1. The zero-order valence-corrected chi connectivity index (χ0v) is 12.8. The molecule has 0 saturated carbocycles. The van der Waals surface area contributed by atoms with Gasteiger partial charge in [-0.15, -0.1) is 0 Å². The maximum absolute atomic E-state index is 12.3. The van der Waals surface area contributed by atoms with Crippen LogP contribution in [0, 0.1) is 6.92 Å². The highest BCUT2D eigenvalue weighted by molar-refractivity contribution is 5.90. The van der Waals surface area contributed by atoms with E-state index in [9.17, 15) is 4.79 Å². The SMILES string of the molecule is Cc1ccccc1NC(=O)N1CCN(Cc2ccco2)CC1. The van der Waals surface area contributed by atoms with E-state index in [1.807, 2.05) is 48.2 Å².